The summed E-state index contributed by atoms with van der Waals surface area (Å²) in [4.78, 5) is 2.10. The molecule has 1 N–H and O–H groups in total. The number of nitriles is 3. The summed E-state index contributed by atoms with van der Waals surface area (Å²) in [6.45, 7) is 2.00. The molecule has 0 radical (unpaired) electrons. The molecule has 1 aromatic heterocycles. The van der Waals surface area contributed by atoms with Crippen molar-refractivity contribution in [3.05, 3.63) is 33.5 Å². The summed E-state index contributed by atoms with van der Waals surface area (Å²) in [6.07, 6.45) is 4.82. The topological polar surface area (TPSA) is 95.2 Å². The third-order valence-electron chi connectivity index (χ3n) is 4.99. The van der Waals surface area contributed by atoms with Gasteiger partial charge in [-0.05, 0) is 49.8 Å². The number of rotatable bonds is 1. The fourth-order valence-corrected chi connectivity index (χ4v) is 5.05. The van der Waals surface area contributed by atoms with Gasteiger partial charge in [0.15, 0.2) is 5.41 Å². The summed E-state index contributed by atoms with van der Waals surface area (Å²) in [7, 11) is 0. The van der Waals surface area contributed by atoms with Gasteiger partial charge in [-0.2, -0.15) is 15.8 Å². The number of nitrogens with zero attached hydrogens (tertiary/aromatic N) is 3. The van der Waals surface area contributed by atoms with E-state index in [9.17, 15) is 15.8 Å². The van der Waals surface area contributed by atoms with Gasteiger partial charge in [0.1, 0.15) is 5.92 Å². The Bertz CT molecular complexity index is 797. The van der Waals surface area contributed by atoms with Crippen molar-refractivity contribution in [2.45, 2.75) is 32.1 Å². The highest BCUT2D eigenvalue weighted by Crippen LogP contribution is 2.56. The van der Waals surface area contributed by atoms with Gasteiger partial charge in [0.25, 0.3) is 0 Å². The lowest BCUT2D eigenvalue weighted by Gasteiger charge is -2.45. The minimum atomic E-state index is -1.54. The van der Waals surface area contributed by atoms with Crippen molar-refractivity contribution in [2.24, 2.45) is 17.3 Å². The average Bonchev–Trinajstić information content (AvgIpc) is 3.00. The monoisotopic (exact) mass is 320 g/mol. The first-order valence-corrected chi connectivity index (χ1v) is 8.48. The molecule has 2 aliphatic rings. The molecule has 3 atom stereocenters. The molecule has 2 aliphatic carbocycles. The van der Waals surface area contributed by atoms with Gasteiger partial charge < -0.3 is 5.41 Å². The third-order valence-corrected chi connectivity index (χ3v) is 6.08. The maximum absolute atomic E-state index is 9.82. The van der Waals surface area contributed by atoms with Gasteiger partial charge in [0, 0.05) is 15.7 Å². The average molecular weight is 320 g/mol. The van der Waals surface area contributed by atoms with Crippen LogP contribution in [0, 0.1) is 63.6 Å². The van der Waals surface area contributed by atoms with E-state index in [1.54, 1.807) is 11.3 Å². The van der Waals surface area contributed by atoms with E-state index >= 15 is 0 Å². The smallest absolute Gasteiger partial charge is 0.190 e. The second-order valence-electron chi connectivity index (χ2n) is 6.18. The Morgan fingerprint density at radius 1 is 1.26 bits per heavy atom. The number of nitrogens with one attached hydrogen (secondary N) is 1. The standard InChI is InChI=1S/C18H16N4S/c1-11-6-7-15(23-11)16-13-5-3-2-4-12(13)14(8-19)17(22)18(16,9-20)10-21/h4,6-7,13-14,16,22H,2-3,5H2,1H3/t13-,14-,16+/m0/s1. The molecule has 3 rings (SSSR count). The predicted octanol–water partition coefficient (Wildman–Crippen LogP) is 4.07. The fraction of sp³-hybridized carbons (Fsp3) is 0.444. The van der Waals surface area contributed by atoms with Crippen LogP contribution in [0.25, 0.3) is 0 Å². The van der Waals surface area contributed by atoms with E-state index in [1.807, 2.05) is 19.1 Å². The lowest BCUT2D eigenvalue weighted by Crippen LogP contribution is -2.48. The molecule has 0 spiro atoms. The van der Waals surface area contributed by atoms with Crippen molar-refractivity contribution < 1.29 is 0 Å². The van der Waals surface area contributed by atoms with Gasteiger partial charge in [-0.3, -0.25) is 0 Å². The third kappa shape index (κ3) is 2.11. The van der Waals surface area contributed by atoms with E-state index in [4.69, 9.17) is 5.41 Å². The number of hydrogen-bond acceptors (Lipinski definition) is 5. The summed E-state index contributed by atoms with van der Waals surface area (Å²) < 4.78 is 0. The van der Waals surface area contributed by atoms with Gasteiger partial charge in [0.05, 0.1) is 23.9 Å². The number of hydrogen-bond donors (Lipinski definition) is 1. The van der Waals surface area contributed by atoms with E-state index in [-0.39, 0.29) is 17.5 Å². The molecular formula is C18H16N4S. The Hall–Kier alpha value is -2.42. The SMILES string of the molecule is Cc1ccc([C@H]2[C@H]3CCCC=C3[C@H](C#N)C(=N)C2(C#N)C#N)s1. The largest absolute Gasteiger partial charge is 0.305 e. The molecule has 0 amide bonds. The lowest BCUT2D eigenvalue weighted by atomic mass is 9.54. The van der Waals surface area contributed by atoms with Crippen LogP contribution in [0.15, 0.2) is 23.8 Å². The summed E-state index contributed by atoms with van der Waals surface area (Å²) in [5.74, 6) is -1.09. The van der Waals surface area contributed by atoms with Crippen LogP contribution in [-0.2, 0) is 0 Å². The molecule has 23 heavy (non-hydrogen) atoms. The molecule has 1 fully saturated rings. The molecule has 1 aromatic rings. The van der Waals surface area contributed by atoms with Crippen LogP contribution in [0.1, 0.15) is 34.9 Å². The zero-order chi connectivity index (χ0) is 16.6. The number of aryl methyl sites for hydroxylation is 1. The predicted molar refractivity (Wildman–Crippen MR) is 87.7 cm³/mol. The van der Waals surface area contributed by atoms with Gasteiger partial charge in [-0.25, -0.2) is 0 Å². The molecule has 0 saturated heterocycles. The molecule has 1 heterocycles. The summed E-state index contributed by atoms with van der Waals surface area (Å²) in [5.41, 5.74) is -0.650. The molecule has 5 heteroatoms. The fourth-order valence-electron chi connectivity index (χ4n) is 3.94. The Morgan fingerprint density at radius 2 is 2.00 bits per heavy atom. The van der Waals surface area contributed by atoms with Crippen molar-refractivity contribution in [1.82, 2.24) is 0 Å². The maximum atomic E-state index is 9.82. The van der Waals surface area contributed by atoms with E-state index in [0.29, 0.717) is 0 Å². The highest BCUT2D eigenvalue weighted by Gasteiger charge is 2.57. The van der Waals surface area contributed by atoms with Crippen molar-refractivity contribution >= 4 is 17.0 Å². The zero-order valence-electron chi connectivity index (χ0n) is 12.8. The Kier molecular flexibility index (Phi) is 3.80. The van der Waals surface area contributed by atoms with Crippen LogP contribution in [0.3, 0.4) is 0 Å². The van der Waals surface area contributed by atoms with Gasteiger partial charge in [0.2, 0.25) is 0 Å². The van der Waals surface area contributed by atoms with Crippen LogP contribution in [0.5, 0.6) is 0 Å². The maximum Gasteiger partial charge on any atom is 0.190 e. The molecule has 0 bridgehead atoms. The second kappa shape index (κ2) is 5.65. The summed E-state index contributed by atoms with van der Waals surface area (Å²) >= 11 is 1.58. The van der Waals surface area contributed by atoms with E-state index in [0.717, 1.165) is 34.6 Å². The van der Waals surface area contributed by atoms with Crippen LogP contribution in [0.2, 0.25) is 0 Å². The van der Waals surface area contributed by atoms with Crippen molar-refractivity contribution in [1.29, 1.82) is 21.2 Å². The molecule has 0 unspecified atom stereocenters. The van der Waals surface area contributed by atoms with E-state index in [2.05, 4.69) is 24.3 Å². The first kappa shape index (κ1) is 15.5. The minimum Gasteiger partial charge on any atom is -0.305 e. The Balaban J connectivity index is 2.25. The lowest BCUT2D eigenvalue weighted by molar-refractivity contribution is 0.324. The van der Waals surface area contributed by atoms with E-state index in [1.165, 1.54) is 0 Å². The normalized spacial score (nSPS) is 28.7. The molecule has 1 saturated carbocycles. The highest BCUT2D eigenvalue weighted by atomic mass is 32.1. The summed E-state index contributed by atoms with van der Waals surface area (Å²) in [5, 5.41) is 37.6. The van der Waals surface area contributed by atoms with Crippen LogP contribution in [0.4, 0.5) is 0 Å². The van der Waals surface area contributed by atoms with Crippen molar-refractivity contribution in [2.75, 3.05) is 0 Å². The molecule has 0 aromatic carbocycles. The second-order valence-corrected chi connectivity index (χ2v) is 7.49. The quantitative estimate of drug-likeness (QED) is 0.790. The van der Waals surface area contributed by atoms with E-state index < -0.39 is 11.3 Å². The minimum absolute atomic E-state index is 0.000139. The summed E-state index contributed by atoms with van der Waals surface area (Å²) in [6, 6.07) is 10.4. The Labute approximate surface area is 139 Å². The highest BCUT2D eigenvalue weighted by molar-refractivity contribution is 7.12. The van der Waals surface area contributed by atoms with Gasteiger partial charge in [-0.1, -0.05) is 6.08 Å². The number of fused-ring (bicyclic) bond motifs is 1. The zero-order valence-corrected chi connectivity index (χ0v) is 13.7. The Morgan fingerprint density at radius 3 is 2.57 bits per heavy atom. The van der Waals surface area contributed by atoms with Gasteiger partial charge >= 0.3 is 0 Å². The molecular weight excluding hydrogens is 304 g/mol. The van der Waals surface area contributed by atoms with Crippen molar-refractivity contribution in [3.8, 4) is 18.2 Å². The van der Waals surface area contributed by atoms with Crippen molar-refractivity contribution in [3.63, 3.8) is 0 Å². The first-order chi connectivity index (χ1) is 11.1. The number of allylic oxidation sites excluding steroid dienone is 2. The van der Waals surface area contributed by atoms with Crippen LogP contribution < -0.4 is 0 Å². The molecule has 114 valence electrons. The van der Waals surface area contributed by atoms with Gasteiger partial charge in [-0.15, -0.1) is 11.3 Å². The number of thiophene rings is 1. The van der Waals surface area contributed by atoms with Crippen LogP contribution >= 0.6 is 11.3 Å². The molecule has 0 aliphatic heterocycles. The molecule has 4 nitrogen and oxygen atoms in total. The first-order valence-electron chi connectivity index (χ1n) is 7.66. The van der Waals surface area contributed by atoms with Crippen LogP contribution in [-0.4, -0.2) is 5.71 Å².